The number of carbonyl (C=O) groups is 4. The van der Waals surface area contributed by atoms with Crippen molar-refractivity contribution in [2.24, 2.45) is 5.41 Å². The van der Waals surface area contributed by atoms with Crippen molar-refractivity contribution in [1.29, 1.82) is 0 Å². The molecule has 8 heteroatoms. The van der Waals surface area contributed by atoms with Crippen LogP contribution in [0.25, 0.3) is 0 Å². The molecule has 1 heterocycles. The van der Waals surface area contributed by atoms with Crippen molar-refractivity contribution in [2.45, 2.75) is 45.6 Å². The molecule has 0 atom stereocenters. The van der Waals surface area contributed by atoms with Crippen LogP contribution in [0.1, 0.15) is 60.7 Å². The van der Waals surface area contributed by atoms with Gasteiger partial charge in [-0.15, -0.1) is 0 Å². The Kier molecular flexibility index (Phi) is 4.67. The third kappa shape index (κ3) is 4.27. The standard InChI is InChI=1S/C19H22N2O6/c1-18(2,3)26-17(25)20-11-19(8-9-19)10-14(22)27-21-15(23)12-6-4-5-7-13(12)16(21)24/h4-7H,8-11H2,1-3H3,(H,20,25). The average Bonchev–Trinajstić information content (AvgIpc) is 3.30. The first kappa shape index (κ1) is 18.9. The van der Waals surface area contributed by atoms with Crippen LogP contribution in [0.5, 0.6) is 0 Å². The molecule has 0 aromatic heterocycles. The van der Waals surface area contributed by atoms with Gasteiger partial charge in [-0.2, -0.15) is 0 Å². The molecule has 1 aromatic rings. The van der Waals surface area contributed by atoms with Gasteiger partial charge in [-0.3, -0.25) is 9.59 Å². The minimum Gasteiger partial charge on any atom is -0.444 e. The molecular formula is C19H22N2O6. The van der Waals surface area contributed by atoms with Gasteiger partial charge in [0.05, 0.1) is 17.5 Å². The van der Waals surface area contributed by atoms with Crippen LogP contribution in [-0.4, -0.2) is 41.1 Å². The van der Waals surface area contributed by atoms with E-state index in [9.17, 15) is 19.2 Å². The first-order valence-electron chi connectivity index (χ1n) is 8.76. The Labute approximate surface area is 156 Å². The van der Waals surface area contributed by atoms with Crippen LogP contribution in [-0.2, 0) is 14.4 Å². The van der Waals surface area contributed by atoms with Gasteiger partial charge in [-0.1, -0.05) is 17.2 Å². The molecule has 0 unspecified atom stereocenters. The normalized spacial score (nSPS) is 17.4. The summed E-state index contributed by atoms with van der Waals surface area (Å²) in [6.45, 7) is 5.55. The highest BCUT2D eigenvalue weighted by molar-refractivity contribution is 6.20. The summed E-state index contributed by atoms with van der Waals surface area (Å²) in [6.07, 6.45) is 0.915. The summed E-state index contributed by atoms with van der Waals surface area (Å²) in [5.74, 6) is -1.99. The second kappa shape index (κ2) is 6.68. The largest absolute Gasteiger partial charge is 0.444 e. The number of alkyl carbamates (subject to hydrolysis) is 1. The number of nitrogens with one attached hydrogen (secondary N) is 1. The molecule has 1 saturated carbocycles. The summed E-state index contributed by atoms with van der Waals surface area (Å²) < 4.78 is 5.17. The van der Waals surface area contributed by atoms with Crippen LogP contribution in [0, 0.1) is 5.41 Å². The van der Waals surface area contributed by atoms with Gasteiger partial charge >= 0.3 is 12.1 Å². The van der Waals surface area contributed by atoms with Gasteiger partial charge < -0.3 is 14.9 Å². The van der Waals surface area contributed by atoms with E-state index in [2.05, 4.69) is 5.32 Å². The van der Waals surface area contributed by atoms with Gasteiger partial charge in [0.2, 0.25) is 0 Å². The minimum atomic E-state index is -0.687. The number of rotatable bonds is 5. The fraction of sp³-hybridized carbons (Fsp3) is 0.474. The van der Waals surface area contributed by atoms with E-state index in [1.807, 2.05) is 0 Å². The molecule has 0 bridgehead atoms. The second-order valence-corrected chi connectivity index (χ2v) is 7.95. The van der Waals surface area contributed by atoms with E-state index in [4.69, 9.17) is 9.57 Å². The lowest BCUT2D eigenvalue weighted by molar-refractivity contribution is -0.170. The molecule has 0 radical (unpaired) electrons. The molecule has 1 aliphatic heterocycles. The lowest BCUT2D eigenvalue weighted by Crippen LogP contribution is -2.37. The second-order valence-electron chi connectivity index (χ2n) is 7.95. The number of fused-ring (bicyclic) bond motifs is 1. The van der Waals surface area contributed by atoms with Gasteiger partial charge in [0.25, 0.3) is 11.8 Å². The molecule has 8 nitrogen and oxygen atoms in total. The number of amides is 3. The van der Waals surface area contributed by atoms with Crippen LogP contribution in [0.4, 0.5) is 4.79 Å². The number of nitrogens with zero attached hydrogens (tertiary/aromatic N) is 1. The highest BCUT2D eigenvalue weighted by atomic mass is 16.7. The van der Waals surface area contributed by atoms with Gasteiger partial charge in [0, 0.05) is 6.54 Å². The maximum Gasteiger partial charge on any atom is 0.407 e. The maximum absolute atomic E-state index is 12.3. The van der Waals surface area contributed by atoms with Crippen molar-refractivity contribution < 1.29 is 28.8 Å². The first-order chi connectivity index (χ1) is 12.6. The maximum atomic E-state index is 12.3. The van der Waals surface area contributed by atoms with Crippen molar-refractivity contribution in [2.75, 3.05) is 6.54 Å². The number of hydroxylamine groups is 2. The number of hydrogen-bond acceptors (Lipinski definition) is 6. The third-order valence-corrected chi connectivity index (χ3v) is 4.43. The molecule has 0 spiro atoms. The average molecular weight is 374 g/mol. The Bertz CT molecular complexity index is 772. The van der Waals surface area contributed by atoms with Crippen molar-refractivity contribution >= 4 is 23.9 Å². The summed E-state index contributed by atoms with van der Waals surface area (Å²) >= 11 is 0. The summed E-state index contributed by atoms with van der Waals surface area (Å²) in [5, 5.41) is 3.16. The molecule has 1 aromatic carbocycles. The molecule has 3 amide bonds. The summed E-state index contributed by atoms with van der Waals surface area (Å²) in [6, 6.07) is 6.29. The zero-order valence-electron chi connectivity index (χ0n) is 15.5. The van der Waals surface area contributed by atoms with Crippen molar-refractivity contribution in [3.63, 3.8) is 0 Å². The van der Waals surface area contributed by atoms with Crippen LogP contribution in [0.3, 0.4) is 0 Å². The van der Waals surface area contributed by atoms with Crippen molar-refractivity contribution in [1.82, 2.24) is 10.4 Å². The Morgan fingerprint density at radius 3 is 2.15 bits per heavy atom. The molecule has 2 aliphatic rings. The van der Waals surface area contributed by atoms with E-state index in [-0.39, 0.29) is 24.1 Å². The summed E-state index contributed by atoms with van der Waals surface area (Å²) in [7, 11) is 0. The molecule has 3 rings (SSSR count). The molecule has 1 N–H and O–H groups in total. The zero-order valence-corrected chi connectivity index (χ0v) is 15.5. The smallest absolute Gasteiger partial charge is 0.407 e. The topological polar surface area (TPSA) is 102 Å². The van der Waals surface area contributed by atoms with Gasteiger partial charge in [0.15, 0.2) is 0 Å². The van der Waals surface area contributed by atoms with Crippen LogP contribution < -0.4 is 5.32 Å². The third-order valence-electron chi connectivity index (χ3n) is 4.43. The van der Waals surface area contributed by atoms with E-state index >= 15 is 0 Å². The molecular weight excluding hydrogens is 352 g/mol. The van der Waals surface area contributed by atoms with E-state index in [0.29, 0.717) is 5.06 Å². The summed E-state index contributed by atoms with van der Waals surface area (Å²) in [5.41, 5.74) is -0.608. The number of carbonyl (C=O) groups excluding carboxylic acids is 4. The molecule has 0 saturated heterocycles. The molecule has 27 heavy (non-hydrogen) atoms. The Morgan fingerprint density at radius 1 is 1.11 bits per heavy atom. The van der Waals surface area contributed by atoms with Crippen LogP contribution >= 0.6 is 0 Å². The summed E-state index contributed by atoms with van der Waals surface area (Å²) in [4.78, 5) is 53.5. The molecule has 1 aliphatic carbocycles. The highest BCUT2D eigenvalue weighted by Gasteiger charge is 2.47. The lowest BCUT2D eigenvalue weighted by atomic mass is 10.0. The number of hydrogen-bond donors (Lipinski definition) is 1. The monoisotopic (exact) mass is 374 g/mol. The van der Waals surface area contributed by atoms with E-state index < -0.39 is 34.9 Å². The number of imide groups is 1. The van der Waals surface area contributed by atoms with Crippen molar-refractivity contribution in [3.05, 3.63) is 35.4 Å². The van der Waals surface area contributed by atoms with E-state index in [0.717, 1.165) is 12.8 Å². The minimum absolute atomic E-state index is 0.00377. The SMILES string of the molecule is CC(C)(C)OC(=O)NCC1(CC(=O)ON2C(=O)c3ccccc3C2=O)CC1. The highest BCUT2D eigenvalue weighted by Crippen LogP contribution is 2.48. The Morgan fingerprint density at radius 2 is 1.67 bits per heavy atom. The van der Waals surface area contributed by atoms with Gasteiger partial charge in [0.1, 0.15) is 5.60 Å². The van der Waals surface area contributed by atoms with Crippen molar-refractivity contribution in [3.8, 4) is 0 Å². The fourth-order valence-corrected chi connectivity index (χ4v) is 2.86. The van der Waals surface area contributed by atoms with Gasteiger partial charge in [-0.25, -0.2) is 9.59 Å². The number of benzene rings is 1. The fourth-order valence-electron chi connectivity index (χ4n) is 2.86. The zero-order chi connectivity index (χ0) is 19.8. The molecule has 144 valence electrons. The van der Waals surface area contributed by atoms with Gasteiger partial charge in [-0.05, 0) is 51.2 Å². The lowest BCUT2D eigenvalue weighted by Gasteiger charge is -2.21. The van der Waals surface area contributed by atoms with E-state index in [1.54, 1.807) is 32.9 Å². The predicted octanol–water partition coefficient (Wildman–Crippen LogP) is 2.44. The Hall–Kier alpha value is -2.90. The predicted molar refractivity (Wildman–Crippen MR) is 93.6 cm³/mol. The van der Waals surface area contributed by atoms with E-state index in [1.165, 1.54) is 12.1 Å². The van der Waals surface area contributed by atoms with Crippen LogP contribution in [0.2, 0.25) is 0 Å². The molecule has 1 fully saturated rings. The number of ether oxygens (including phenoxy) is 1. The Balaban J connectivity index is 1.53. The quantitative estimate of drug-likeness (QED) is 0.794. The first-order valence-corrected chi connectivity index (χ1v) is 8.76. The van der Waals surface area contributed by atoms with Crippen LogP contribution in [0.15, 0.2) is 24.3 Å².